The second-order valence-electron chi connectivity index (χ2n) is 3.06. The van der Waals surface area contributed by atoms with Crippen molar-refractivity contribution in [2.75, 3.05) is 0 Å². The number of ketones is 1. The summed E-state index contributed by atoms with van der Waals surface area (Å²) in [6.07, 6.45) is -4.15. The van der Waals surface area contributed by atoms with Gasteiger partial charge in [-0.2, -0.15) is 13.2 Å². The molecule has 0 fully saturated rings. The van der Waals surface area contributed by atoms with E-state index in [9.17, 15) is 22.8 Å². The van der Waals surface area contributed by atoms with E-state index in [1.54, 1.807) is 0 Å². The largest absolute Gasteiger partial charge is 0.417 e. The zero-order chi connectivity index (χ0) is 12.5. The van der Waals surface area contributed by atoms with Crippen molar-refractivity contribution in [3.63, 3.8) is 0 Å². The number of rotatable bonds is 2. The number of alkyl halides is 3. The fourth-order valence-corrected chi connectivity index (χ4v) is 2.44. The van der Waals surface area contributed by atoms with Gasteiger partial charge in [0.25, 0.3) is 0 Å². The van der Waals surface area contributed by atoms with Crippen LogP contribution in [0.5, 0.6) is 0 Å². The lowest BCUT2D eigenvalue weighted by Gasteiger charge is -2.12. The van der Waals surface area contributed by atoms with Crippen LogP contribution in [-0.4, -0.2) is 12.1 Å². The van der Waals surface area contributed by atoms with Crippen molar-refractivity contribution >= 4 is 34.7 Å². The summed E-state index contributed by atoms with van der Waals surface area (Å²) in [6.45, 7) is 1.13. The summed E-state index contributed by atoms with van der Waals surface area (Å²) in [6, 6.07) is 1.81. The van der Waals surface area contributed by atoms with Gasteiger partial charge < -0.3 is 0 Å². The minimum atomic E-state index is -4.53. The van der Waals surface area contributed by atoms with E-state index in [0.717, 1.165) is 19.1 Å². The lowest BCUT2D eigenvalue weighted by atomic mass is 10.0. The molecule has 6 heteroatoms. The first-order valence-electron chi connectivity index (χ1n) is 4.15. The third-order valence-corrected chi connectivity index (χ3v) is 3.08. The molecule has 0 N–H and O–H groups in total. The highest BCUT2D eigenvalue weighted by atomic mass is 127. The Morgan fingerprint density at radius 3 is 2.31 bits per heavy atom. The number of benzene rings is 1. The van der Waals surface area contributed by atoms with Gasteiger partial charge in [0.1, 0.15) is 0 Å². The van der Waals surface area contributed by atoms with Gasteiger partial charge in [-0.1, -0.05) is 6.07 Å². The Labute approximate surface area is 103 Å². The van der Waals surface area contributed by atoms with E-state index in [2.05, 4.69) is 0 Å². The van der Waals surface area contributed by atoms with Crippen LogP contribution in [0.3, 0.4) is 0 Å². The molecule has 0 bridgehead atoms. The molecule has 0 aliphatic rings. The molecule has 0 atom stereocenters. The Morgan fingerprint density at radius 2 is 1.94 bits per heavy atom. The molecule has 2 nitrogen and oxygen atoms in total. The summed E-state index contributed by atoms with van der Waals surface area (Å²) < 4.78 is 37.3. The molecule has 1 aromatic carbocycles. The van der Waals surface area contributed by atoms with Gasteiger partial charge in [0.15, 0.2) is 12.1 Å². The van der Waals surface area contributed by atoms with Crippen molar-refractivity contribution in [1.82, 2.24) is 0 Å². The van der Waals surface area contributed by atoms with Gasteiger partial charge in [-0.3, -0.25) is 9.59 Å². The molecule has 0 radical (unpaired) electrons. The van der Waals surface area contributed by atoms with Crippen LogP contribution in [0.2, 0.25) is 0 Å². The number of carbonyl (C=O) groups excluding carboxylic acids is 2. The summed E-state index contributed by atoms with van der Waals surface area (Å²) in [4.78, 5) is 21.8. The lowest BCUT2D eigenvalue weighted by molar-refractivity contribution is -0.138. The van der Waals surface area contributed by atoms with Crippen LogP contribution in [0, 0.1) is 3.57 Å². The number of hydrogen-bond donors (Lipinski definition) is 0. The van der Waals surface area contributed by atoms with Crippen molar-refractivity contribution in [2.45, 2.75) is 13.1 Å². The fourth-order valence-electron chi connectivity index (χ4n) is 1.27. The van der Waals surface area contributed by atoms with Gasteiger partial charge in [0.05, 0.1) is 5.56 Å². The van der Waals surface area contributed by atoms with Gasteiger partial charge in [-0.25, -0.2) is 0 Å². The van der Waals surface area contributed by atoms with Crippen molar-refractivity contribution in [2.24, 2.45) is 0 Å². The first kappa shape index (κ1) is 13.1. The van der Waals surface area contributed by atoms with Gasteiger partial charge in [0.2, 0.25) is 0 Å². The highest BCUT2D eigenvalue weighted by Gasteiger charge is 2.34. The van der Waals surface area contributed by atoms with Gasteiger partial charge in [-0.05, 0) is 35.6 Å². The van der Waals surface area contributed by atoms with Crippen LogP contribution in [0.15, 0.2) is 12.1 Å². The van der Waals surface area contributed by atoms with Crippen molar-refractivity contribution < 1.29 is 22.8 Å². The molecule has 0 aliphatic carbocycles. The predicted octanol–water partition coefficient (Wildman–Crippen LogP) is 3.33. The summed E-state index contributed by atoms with van der Waals surface area (Å²) in [5.74, 6) is -0.558. The average molecular weight is 342 g/mol. The second kappa shape index (κ2) is 4.52. The maximum atomic E-state index is 12.5. The minimum absolute atomic E-state index is 0.0232. The minimum Gasteiger partial charge on any atom is -0.298 e. The molecule has 0 aromatic heterocycles. The highest BCUT2D eigenvalue weighted by Crippen LogP contribution is 2.35. The molecule has 0 aliphatic heterocycles. The third-order valence-electron chi connectivity index (χ3n) is 1.96. The van der Waals surface area contributed by atoms with Crippen molar-refractivity contribution in [3.05, 3.63) is 32.4 Å². The molecule has 0 saturated carbocycles. The van der Waals surface area contributed by atoms with Crippen molar-refractivity contribution in [1.29, 1.82) is 0 Å². The Kier molecular flexibility index (Phi) is 3.72. The molecule has 0 heterocycles. The monoisotopic (exact) mass is 342 g/mol. The molecule has 86 valence electrons. The molecule has 0 unspecified atom stereocenters. The molecule has 1 aromatic rings. The number of carbonyl (C=O) groups is 2. The summed E-state index contributed by atoms with van der Waals surface area (Å²) in [5.41, 5.74) is -1.10. The van der Waals surface area contributed by atoms with Gasteiger partial charge in [-0.15, -0.1) is 0 Å². The molecule has 1 rings (SSSR count). The van der Waals surface area contributed by atoms with E-state index < -0.39 is 17.5 Å². The Morgan fingerprint density at radius 1 is 1.38 bits per heavy atom. The molecule has 0 spiro atoms. The maximum absolute atomic E-state index is 12.5. The SMILES string of the molecule is CC(=O)c1c(C=O)ccc(C(F)(F)F)c1I. The van der Waals surface area contributed by atoms with E-state index in [1.807, 2.05) is 0 Å². The zero-order valence-electron chi connectivity index (χ0n) is 8.06. The first-order chi connectivity index (χ1) is 7.29. The van der Waals surface area contributed by atoms with Gasteiger partial charge >= 0.3 is 6.18 Å². The standard InChI is InChI=1S/C10H6F3IO2/c1-5(16)8-6(4-15)2-3-7(9(8)14)10(11,12)13/h2-4H,1H3. The van der Waals surface area contributed by atoms with Crippen LogP contribution in [-0.2, 0) is 6.18 Å². The highest BCUT2D eigenvalue weighted by molar-refractivity contribution is 14.1. The van der Waals surface area contributed by atoms with E-state index >= 15 is 0 Å². The summed E-state index contributed by atoms with van der Waals surface area (Å²) >= 11 is 1.43. The normalized spacial score (nSPS) is 11.3. The zero-order valence-corrected chi connectivity index (χ0v) is 10.2. The maximum Gasteiger partial charge on any atom is 0.417 e. The summed E-state index contributed by atoms with van der Waals surface area (Å²) in [7, 11) is 0. The topological polar surface area (TPSA) is 34.1 Å². The smallest absolute Gasteiger partial charge is 0.298 e. The lowest BCUT2D eigenvalue weighted by Crippen LogP contribution is -2.12. The van der Waals surface area contributed by atoms with E-state index in [0.29, 0.717) is 6.29 Å². The quantitative estimate of drug-likeness (QED) is 0.469. The third kappa shape index (κ3) is 2.42. The molecule has 0 saturated heterocycles. The van der Waals surface area contributed by atoms with Crippen LogP contribution in [0.1, 0.15) is 33.2 Å². The average Bonchev–Trinajstić information content (AvgIpc) is 2.14. The van der Waals surface area contributed by atoms with Crippen LogP contribution < -0.4 is 0 Å². The molecular weight excluding hydrogens is 336 g/mol. The van der Waals surface area contributed by atoms with E-state index in [-0.39, 0.29) is 14.7 Å². The number of hydrogen-bond acceptors (Lipinski definition) is 2. The second-order valence-corrected chi connectivity index (χ2v) is 4.14. The fraction of sp³-hybridized carbons (Fsp3) is 0.200. The van der Waals surface area contributed by atoms with Crippen LogP contribution in [0.25, 0.3) is 0 Å². The number of halogens is 4. The van der Waals surface area contributed by atoms with E-state index in [4.69, 9.17) is 0 Å². The summed E-state index contributed by atoms with van der Waals surface area (Å²) in [5, 5.41) is 0. The van der Waals surface area contributed by atoms with Gasteiger partial charge in [0, 0.05) is 14.7 Å². The predicted molar refractivity (Wildman–Crippen MR) is 59.6 cm³/mol. The number of aldehydes is 1. The Bertz CT molecular complexity index is 452. The Balaban J connectivity index is 3.56. The van der Waals surface area contributed by atoms with Crippen LogP contribution in [0.4, 0.5) is 13.2 Å². The van der Waals surface area contributed by atoms with Crippen molar-refractivity contribution in [3.8, 4) is 0 Å². The van der Waals surface area contributed by atoms with E-state index in [1.165, 1.54) is 22.6 Å². The first-order valence-corrected chi connectivity index (χ1v) is 5.22. The molecular formula is C10H6F3IO2. The number of Topliss-reactive ketones (excluding diaryl/α,β-unsaturated/α-hetero) is 1. The molecule has 0 amide bonds. The Hall–Kier alpha value is -0.920. The van der Waals surface area contributed by atoms with Crippen LogP contribution >= 0.6 is 22.6 Å². The molecule has 16 heavy (non-hydrogen) atoms.